The highest BCUT2D eigenvalue weighted by Crippen LogP contribution is 2.32. The molecule has 1 saturated heterocycles. The van der Waals surface area contributed by atoms with Gasteiger partial charge in [0.05, 0.1) is 5.02 Å². The van der Waals surface area contributed by atoms with Crippen LogP contribution in [-0.2, 0) is 0 Å². The first-order valence-corrected chi connectivity index (χ1v) is 8.40. The smallest absolute Gasteiger partial charge is 0.142 e. The minimum Gasteiger partial charge on any atom is -0.313 e. The largest absolute Gasteiger partial charge is 0.313 e. The molecular weight excluding hydrogens is 310 g/mol. The quantitative estimate of drug-likeness (QED) is 0.762. The normalized spacial score (nSPS) is 20.2. The summed E-state index contributed by atoms with van der Waals surface area (Å²) in [6.45, 7) is 7.27. The van der Waals surface area contributed by atoms with Gasteiger partial charge in [0, 0.05) is 23.7 Å². The molecule has 1 aliphatic rings. The Hall–Kier alpha value is -0.350. The lowest BCUT2D eigenvalue weighted by Gasteiger charge is -2.32. The predicted octanol–water partition coefficient (Wildman–Crippen LogP) is 4.66. The lowest BCUT2D eigenvalue weighted by Crippen LogP contribution is -2.39. The van der Waals surface area contributed by atoms with Crippen molar-refractivity contribution in [2.75, 3.05) is 19.6 Å². The summed E-state index contributed by atoms with van der Waals surface area (Å²) in [5, 5.41) is 4.13. The Bertz CT molecular complexity index is 476. The van der Waals surface area contributed by atoms with Crippen molar-refractivity contribution in [2.24, 2.45) is 0 Å². The van der Waals surface area contributed by atoms with Crippen LogP contribution in [0.15, 0.2) is 12.1 Å². The Balaban J connectivity index is 2.16. The summed E-state index contributed by atoms with van der Waals surface area (Å²) in [5.74, 6) is -0.404. The van der Waals surface area contributed by atoms with Crippen molar-refractivity contribution in [1.29, 1.82) is 0 Å². The van der Waals surface area contributed by atoms with E-state index >= 15 is 0 Å². The van der Waals surface area contributed by atoms with Gasteiger partial charge in [-0.15, -0.1) is 0 Å². The first-order chi connectivity index (χ1) is 10.0. The SMILES string of the molecule is CCCN(CC1CCCN1)C(C)c1cc(F)c(Cl)cc1Cl. The Labute approximate surface area is 136 Å². The molecule has 1 aromatic carbocycles. The molecule has 2 nitrogen and oxygen atoms in total. The molecule has 2 atom stereocenters. The maximum atomic E-state index is 13.8. The first-order valence-electron chi connectivity index (χ1n) is 7.64. The fourth-order valence-corrected chi connectivity index (χ4v) is 3.52. The van der Waals surface area contributed by atoms with E-state index in [9.17, 15) is 4.39 Å². The molecule has 1 aliphatic heterocycles. The number of benzene rings is 1. The van der Waals surface area contributed by atoms with Crippen molar-refractivity contribution in [3.8, 4) is 0 Å². The summed E-state index contributed by atoms with van der Waals surface area (Å²) in [4.78, 5) is 2.37. The Morgan fingerprint density at radius 3 is 2.76 bits per heavy atom. The summed E-state index contributed by atoms with van der Waals surface area (Å²) >= 11 is 12.0. The highest BCUT2D eigenvalue weighted by molar-refractivity contribution is 6.35. The van der Waals surface area contributed by atoms with Gasteiger partial charge < -0.3 is 5.32 Å². The van der Waals surface area contributed by atoms with Crippen LogP contribution in [0.5, 0.6) is 0 Å². The molecule has 1 fully saturated rings. The second-order valence-corrected chi connectivity index (χ2v) is 6.57. The van der Waals surface area contributed by atoms with Crippen LogP contribution in [0.2, 0.25) is 10.0 Å². The third kappa shape index (κ3) is 4.32. The second-order valence-electron chi connectivity index (χ2n) is 5.75. The molecule has 0 saturated carbocycles. The lowest BCUT2D eigenvalue weighted by atomic mass is 10.0. The van der Waals surface area contributed by atoms with E-state index in [0.29, 0.717) is 11.1 Å². The van der Waals surface area contributed by atoms with Crippen molar-refractivity contribution < 1.29 is 4.39 Å². The van der Waals surface area contributed by atoms with E-state index in [-0.39, 0.29) is 11.1 Å². The number of nitrogens with one attached hydrogen (secondary N) is 1. The Morgan fingerprint density at radius 2 is 2.14 bits per heavy atom. The van der Waals surface area contributed by atoms with E-state index < -0.39 is 5.82 Å². The summed E-state index contributed by atoms with van der Waals surface area (Å²) in [5.41, 5.74) is 0.810. The summed E-state index contributed by atoms with van der Waals surface area (Å²) in [6, 6.07) is 3.57. The van der Waals surface area contributed by atoms with E-state index in [1.807, 2.05) is 0 Å². The maximum Gasteiger partial charge on any atom is 0.142 e. The highest BCUT2D eigenvalue weighted by Gasteiger charge is 2.23. The minimum absolute atomic E-state index is 0.0756. The molecule has 0 amide bonds. The third-order valence-corrected chi connectivity index (χ3v) is 4.78. The first kappa shape index (κ1) is 17.0. The number of hydrogen-bond acceptors (Lipinski definition) is 2. The minimum atomic E-state index is -0.404. The van der Waals surface area contributed by atoms with Gasteiger partial charge in [-0.05, 0) is 57.0 Å². The monoisotopic (exact) mass is 332 g/mol. The summed E-state index contributed by atoms with van der Waals surface area (Å²) < 4.78 is 13.8. The molecule has 1 heterocycles. The van der Waals surface area contributed by atoms with Gasteiger partial charge in [0.1, 0.15) is 5.82 Å². The van der Waals surface area contributed by atoms with Crippen molar-refractivity contribution in [3.05, 3.63) is 33.6 Å². The van der Waals surface area contributed by atoms with Gasteiger partial charge >= 0.3 is 0 Å². The molecule has 0 aromatic heterocycles. The van der Waals surface area contributed by atoms with Gasteiger partial charge in [-0.1, -0.05) is 30.1 Å². The van der Waals surface area contributed by atoms with E-state index in [0.717, 1.165) is 31.6 Å². The Kier molecular flexibility index (Phi) is 6.30. The number of halogens is 3. The lowest BCUT2D eigenvalue weighted by molar-refractivity contribution is 0.192. The molecule has 2 rings (SSSR count). The molecule has 118 valence electrons. The molecule has 1 N–H and O–H groups in total. The molecule has 0 bridgehead atoms. The van der Waals surface area contributed by atoms with Crippen LogP contribution >= 0.6 is 23.2 Å². The Morgan fingerprint density at radius 1 is 1.38 bits per heavy atom. The van der Waals surface area contributed by atoms with Gasteiger partial charge in [0.25, 0.3) is 0 Å². The zero-order valence-electron chi connectivity index (χ0n) is 12.6. The van der Waals surface area contributed by atoms with E-state index in [1.54, 1.807) is 0 Å². The van der Waals surface area contributed by atoms with Crippen molar-refractivity contribution in [1.82, 2.24) is 10.2 Å². The molecule has 0 radical (unpaired) electrons. The average Bonchev–Trinajstić information content (AvgIpc) is 2.94. The van der Waals surface area contributed by atoms with Crippen LogP contribution in [0.25, 0.3) is 0 Å². The zero-order chi connectivity index (χ0) is 15.4. The summed E-state index contributed by atoms with van der Waals surface area (Å²) in [7, 11) is 0. The maximum absolute atomic E-state index is 13.8. The van der Waals surface area contributed by atoms with Gasteiger partial charge in [-0.3, -0.25) is 4.90 Å². The van der Waals surface area contributed by atoms with Gasteiger partial charge in [-0.2, -0.15) is 0 Å². The van der Waals surface area contributed by atoms with Crippen molar-refractivity contribution in [2.45, 2.75) is 45.2 Å². The van der Waals surface area contributed by atoms with E-state index in [4.69, 9.17) is 23.2 Å². The van der Waals surface area contributed by atoms with Crippen LogP contribution in [0.3, 0.4) is 0 Å². The molecule has 5 heteroatoms. The second kappa shape index (κ2) is 7.77. The van der Waals surface area contributed by atoms with Gasteiger partial charge in [0.15, 0.2) is 0 Å². The fraction of sp³-hybridized carbons (Fsp3) is 0.625. The highest BCUT2D eigenvalue weighted by atomic mass is 35.5. The van der Waals surface area contributed by atoms with E-state index in [1.165, 1.54) is 25.0 Å². The van der Waals surface area contributed by atoms with Crippen LogP contribution in [0.1, 0.15) is 44.7 Å². The standard InChI is InChI=1S/C16H23Cl2FN2/c1-3-7-21(10-12-5-4-6-20-12)11(2)13-8-16(19)15(18)9-14(13)17/h8-9,11-12,20H,3-7,10H2,1-2H3. The number of hydrogen-bond donors (Lipinski definition) is 1. The average molecular weight is 333 g/mol. The number of nitrogens with zero attached hydrogens (tertiary/aromatic N) is 1. The molecule has 0 spiro atoms. The third-order valence-electron chi connectivity index (χ3n) is 4.17. The number of rotatable bonds is 6. The molecular formula is C16H23Cl2FN2. The van der Waals surface area contributed by atoms with Crippen LogP contribution in [-0.4, -0.2) is 30.6 Å². The van der Waals surface area contributed by atoms with Gasteiger partial charge in [0.2, 0.25) is 0 Å². The molecule has 2 unspecified atom stereocenters. The van der Waals surface area contributed by atoms with Crippen LogP contribution < -0.4 is 5.32 Å². The van der Waals surface area contributed by atoms with Crippen LogP contribution in [0, 0.1) is 5.82 Å². The topological polar surface area (TPSA) is 15.3 Å². The summed E-state index contributed by atoms with van der Waals surface area (Å²) in [6.07, 6.45) is 3.50. The van der Waals surface area contributed by atoms with Gasteiger partial charge in [-0.25, -0.2) is 4.39 Å². The fourth-order valence-electron chi connectivity index (χ4n) is 2.98. The predicted molar refractivity (Wildman–Crippen MR) is 87.7 cm³/mol. The zero-order valence-corrected chi connectivity index (χ0v) is 14.1. The molecule has 0 aliphatic carbocycles. The van der Waals surface area contributed by atoms with Crippen molar-refractivity contribution >= 4 is 23.2 Å². The van der Waals surface area contributed by atoms with Crippen molar-refractivity contribution in [3.63, 3.8) is 0 Å². The van der Waals surface area contributed by atoms with E-state index in [2.05, 4.69) is 24.1 Å². The van der Waals surface area contributed by atoms with Crippen LogP contribution in [0.4, 0.5) is 4.39 Å². The molecule has 1 aromatic rings. The molecule has 21 heavy (non-hydrogen) atoms.